The molecule has 0 aliphatic carbocycles. The van der Waals surface area contributed by atoms with E-state index in [1.165, 1.54) is 0 Å². The summed E-state index contributed by atoms with van der Waals surface area (Å²) in [7, 11) is 0. The Balaban J connectivity index is 0.939. The molecule has 410 valence electrons. The van der Waals surface area contributed by atoms with Gasteiger partial charge in [-0.15, -0.1) is 0 Å². The van der Waals surface area contributed by atoms with Crippen LogP contribution >= 0.6 is 0 Å². The summed E-state index contributed by atoms with van der Waals surface area (Å²) in [5.74, 6) is 3.29. The van der Waals surface area contributed by atoms with Gasteiger partial charge in [0.05, 0.1) is 0 Å². The largest absolute Gasteiger partial charge is 0.264 e. The number of aromatic nitrogens is 10. The molecule has 0 bridgehead atoms. The molecule has 0 unspecified atom stereocenters. The van der Waals surface area contributed by atoms with E-state index < -0.39 is 0 Å². The number of benzene rings is 10. The van der Waals surface area contributed by atoms with Gasteiger partial charge in [-0.05, 0) is 135 Å². The molecule has 16 rings (SSSR count). The average molecular weight is 1130 g/mol. The van der Waals surface area contributed by atoms with Crippen molar-refractivity contribution in [1.29, 1.82) is 0 Å². The van der Waals surface area contributed by atoms with Crippen molar-refractivity contribution in [1.82, 2.24) is 49.8 Å². The summed E-state index contributed by atoms with van der Waals surface area (Å²) < 4.78 is 0. The Morgan fingerprint density at radius 3 is 0.670 bits per heavy atom. The molecular weight excluding hydrogens is 1080 g/mol. The maximum absolute atomic E-state index is 5.46. The van der Waals surface area contributed by atoms with E-state index in [9.17, 15) is 0 Å². The molecule has 10 heteroatoms. The predicted molar refractivity (Wildman–Crippen MR) is 353 cm³/mol. The molecule has 0 aliphatic rings. The first-order valence-electron chi connectivity index (χ1n) is 29.1. The quantitative estimate of drug-likeness (QED) is 0.109. The van der Waals surface area contributed by atoms with Crippen LogP contribution in [0.3, 0.4) is 0 Å². The second-order valence-corrected chi connectivity index (χ2v) is 21.6. The van der Waals surface area contributed by atoms with Crippen molar-refractivity contribution in [3.8, 4) is 135 Å². The van der Waals surface area contributed by atoms with Crippen molar-refractivity contribution in [2.75, 3.05) is 0 Å². The van der Waals surface area contributed by atoms with Crippen molar-refractivity contribution in [3.05, 3.63) is 292 Å². The zero-order chi connectivity index (χ0) is 58.3. The SMILES string of the molecule is c1ccc(-c2cc(-c3nc(-c4ccc(-c5cccnc5)cc4)nc(-c4ccc(-c5cccnc5)cc4)n3)c3ccc4c(-c5ccccc5)cc(-c5nc(-c6ccc(-c7cccnc7)cc6)nc(-c6ccc(-c7cccnc7)cc6)n5)c5ccc2c3c45)cc1. The molecule has 88 heavy (non-hydrogen) atoms. The van der Waals surface area contributed by atoms with Crippen LogP contribution in [-0.4, -0.2) is 49.8 Å². The fourth-order valence-electron chi connectivity index (χ4n) is 12.0. The molecular formula is C78H48N10. The third kappa shape index (κ3) is 9.62. The summed E-state index contributed by atoms with van der Waals surface area (Å²) in [5, 5.41) is 6.30. The second kappa shape index (κ2) is 22.1. The molecule has 0 spiro atoms. The van der Waals surface area contributed by atoms with Gasteiger partial charge in [0.25, 0.3) is 0 Å². The van der Waals surface area contributed by atoms with Gasteiger partial charge in [0.1, 0.15) is 0 Å². The summed E-state index contributed by atoms with van der Waals surface area (Å²) >= 11 is 0. The van der Waals surface area contributed by atoms with Crippen LogP contribution < -0.4 is 0 Å². The summed E-state index contributed by atoms with van der Waals surface area (Å²) in [6.07, 6.45) is 14.7. The van der Waals surface area contributed by atoms with Gasteiger partial charge in [-0.3, -0.25) is 19.9 Å². The Morgan fingerprint density at radius 2 is 0.409 bits per heavy atom. The Morgan fingerprint density at radius 1 is 0.170 bits per heavy atom. The van der Waals surface area contributed by atoms with E-state index in [-0.39, 0.29) is 0 Å². The van der Waals surface area contributed by atoms with E-state index in [0.717, 1.165) is 132 Å². The fourth-order valence-corrected chi connectivity index (χ4v) is 12.0. The minimum atomic E-state index is 0.544. The third-order valence-corrected chi connectivity index (χ3v) is 16.4. The third-order valence-electron chi connectivity index (χ3n) is 16.4. The average Bonchev–Trinajstić information content (AvgIpc) is 0.803. The highest BCUT2D eigenvalue weighted by Gasteiger charge is 2.25. The van der Waals surface area contributed by atoms with Crippen LogP contribution in [0, 0.1) is 0 Å². The van der Waals surface area contributed by atoms with Crippen LogP contribution in [0.2, 0.25) is 0 Å². The van der Waals surface area contributed by atoms with Crippen LogP contribution in [-0.2, 0) is 0 Å². The predicted octanol–water partition coefficient (Wildman–Crippen LogP) is 18.5. The first-order valence-corrected chi connectivity index (χ1v) is 29.1. The van der Waals surface area contributed by atoms with Gasteiger partial charge in [0.15, 0.2) is 34.9 Å². The summed E-state index contributed by atoms with van der Waals surface area (Å²) in [4.78, 5) is 49.9. The Bertz CT molecular complexity index is 4640. The van der Waals surface area contributed by atoms with E-state index in [1.54, 1.807) is 24.8 Å². The van der Waals surface area contributed by atoms with Crippen molar-refractivity contribution >= 4 is 32.3 Å². The zero-order valence-electron chi connectivity index (χ0n) is 47.2. The maximum Gasteiger partial charge on any atom is 0.164 e. The lowest BCUT2D eigenvalue weighted by atomic mass is 9.83. The lowest BCUT2D eigenvalue weighted by molar-refractivity contribution is 1.08. The lowest BCUT2D eigenvalue weighted by Crippen LogP contribution is -2.02. The molecule has 0 atom stereocenters. The van der Waals surface area contributed by atoms with Crippen LogP contribution in [0.4, 0.5) is 0 Å². The van der Waals surface area contributed by atoms with Gasteiger partial charge in [-0.1, -0.05) is 206 Å². The molecule has 0 radical (unpaired) electrons. The Kier molecular flexibility index (Phi) is 12.9. The van der Waals surface area contributed by atoms with Gasteiger partial charge >= 0.3 is 0 Å². The summed E-state index contributed by atoms with van der Waals surface area (Å²) in [6, 6.07) is 84.2. The zero-order valence-corrected chi connectivity index (χ0v) is 47.2. The summed E-state index contributed by atoms with van der Waals surface area (Å²) in [5.41, 5.74) is 17.6. The normalized spacial score (nSPS) is 11.4. The number of pyridine rings is 4. The molecule has 0 aliphatic heterocycles. The summed E-state index contributed by atoms with van der Waals surface area (Å²) in [6.45, 7) is 0. The molecule has 0 saturated heterocycles. The minimum absolute atomic E-state index is 0.544. The Hall–Kier alpha value is -12.1. The molecule has 10 nitrogen and oxygen atoms in total. The van der Waals surface area contributed by atoms with Gasteiger partial charge in [-0.25, -0.2) is 29.9 Å². The fraction of sp³-hybridized carbons (Fsp3) is 0. The standard InChI is InChI=1S/C78H48N10/c1-3-11-53(12-4-1)67-43-69(77-85-73(55-27-19-49(20-28-55)59-15-7-39-79-45-59)83-74(86-77)56-29-21-50(22-30-56)60-16-8-40-80-46-60)65-38-36-64-68(54-13-5-2-6-14-54)44-70(66-37-35-63(67)71(65)72(64)66)78-87-75(57-31-23-51(24-32-57)61-17-9-41-81-47-61)84-76(88-78)58-33-25-52(26-34-58)62-18-10-42-82-48-62/h1-48H. The minimum Gasteiger partial charge on any atom is -0.264 e. The van der Waals surface area contributed by atoms with Gasteiger partial charge < -0.3 is 0 Å². The first kappa shape index (κ1) is 51.5. The van der Waals surface area contributed by atoms with Crippen LogP contribution in [0.15, 0.2) is 292 Å². The molecule has 0 saturated carbocycles. The van der Waals surface area contributed by atoms with Gasteiger partial charge in [0.2, 0.25) is 0 Å². The molecule has 6 aromatic heterocycles. The molecule has 0 N–H and O–H groups in total. The Labute approximate surface area is 506 Å². The lowest BCUT2D eigenvalue weighted by Gasteiger charge is -2.21. The van der Waals surface area contributed by atoms with Gasteiger partial charge in [0, 0.05) is 83.0 Å². The molecule has 0 fully saturated rings. The second-order valence-electron chi connectivity index (χ2n) is 21.6. The number of hydrogen-bond donors (Lipinski definition) is 0. The van der Waals surface area contributed by atoms with E-state index in [1.807, 2.05) is 49.1 Å². The van der Waals surface area contributed by atoms with Crippen molar-refractivity contribution in [2.45, 2.75) is 0 Å². The number of hydrogen-bond acceptors (Lipinski definition) is 10. The van der Waals surface area contributed by atoms with Crippen LogP contribution in [0.1, 0.15) is 0 Å². The van der Waals surface area contributed by atoms with E-state index in [2.05, 4.69) is 238 Å². The number of nitrogens with zero attached hydrogens (tertiary/aromatic N) is 10. The van der Waals surface area contributed by atoms with E-state index in [0.29, 0.717) is 34.9 Å². The maximum atomic E-state index is 5.46. The topological polar surface area (TPSA) is 129 Å². The van der Waals surface area contributed by atoms with E-state index >= 15 is 0 Å². The molecule has 6 heterocycles. The first-order chi connectivity index (χ1) is 43.6. The smallest absolute Gasteiger partial charge is 0.164 e. The molecule has 16 aromatic rings. The van der Waals surface area contributed by atoms with E-state index in [4.69, 9.17) is 29.9 Å². The van der Waals surface area contributed by atoms with Gasteiger partial charge in [-0.2, -0.15) is 0 Å². The highest BCUT2D eigenvalue weighted by atomic mass is 15.0. The van der Waals surface area contributed by atoms with Crippen LogP contribution in [0.5, 0.6) is 0 Å². The van der Waals surface area contributed by atoms with Crippen LogP contribution in [0.25, 0.3) is 167 Å². The highest BCUT2D eigenvalue weighted by Crippen LogP contribution is 2.48. The van der Waals surface area contributed by atoms with Crippen molar-refractivity contribution in [2.24, 2.45) is 0 Å². The number of rotatable bonds is 12. The molecule has 0 amide bonds. The molecule has 10 aromatic carbocycles. The highest BCUT2D eigenvalue weighted by molar-refractivity contribution is 6.31. The monoisotopic (exact) mass is 1120 g/mol. The van der Waals surface area contributed by atoms with Crippen molar-refractivity contribution in [3.63, 3.8) is 0 Å². The van der Waals surface area contributed by atoms with Crippen molar-refractivity contribution < 1.29 is 0 Å².